The Morgan fingerprint density at radius 2 is 2.23 bits per heavy atom. The van der Waals surface area contributed by atoms with Crippen LogP contribution in [0.4, 0.5) is 0 Å². The topological polar surface area (TPSA) is 47.5 Å². The minimum Gasteiger partial charge on any atom is -0.459 e. The van der Waals surface area contributed by atoms with Crippen LogP contribution in [0.25, 0.3) is 10.2 Å². The molecule has 22 heavy (non-hydrogen) atoms. The second kappa shape index (κ2) is 6.32. The van der Waals surface area contributed by atoms with Gasteiger partial charge < -0.3 is 8.98 Å². The molecule has 0 aliphatic heterocycles. The summed E-state index contributed by atoms with van der Waals surface area (Å²) in [6.07, 6.45) is 4.95. The Bertz CT molecular complexity index is 857. The highest BCUT2D eigenvalue weighted by atomic mass is 32.1. The minimum absolute atomic E-state index is 0.265. The van der Waals surface area contributed by atoms with E-state index in [-0.39, 0.29) is 11.7 Å². The summed E-state index contributed by atoms with van der Waals surface area (Å²) in [5.41, 5.74) is 2.43. The molecule has 0 spiro atoms. The summed E-state index contributed by atoms with van der Waals surface area (Å²) in [6.45, 7) is 2.20. The molecular formula is C17H18N2O2S. The monoisotopic (exact) mass is 314 g/mol. The molecule has 0 aliphatic rings. The molecule has 0 aliphatic carbocycles. The lowest BCUT2D eigenvalue weighted by molar-refractivity contribution is 0.0971. The van der Waals surface area contributed by atoms with Crippen LogP contribution < -0.4 is 4.80 Å². The molecule has 1 amide bonds. The van der Waals surface area contributed by atoms with Gasteiger partial charge in [-0.15, -0.1) is 0 Å². The lowest BCUT2D eigenvalue weighted by Gasteiger charge is -2.00. The molecular weight excluding hydrogens is 296 g/mol. The van der Waals surface area contributed by atoms with Gasteiger partial charge in [0.1, 0.15) is 0 Å². The van der Waals surface area contributed by atoms with E-state index in [0.717, 1.165) is 16.6 Å². The summed E-state index contributed by atoms with van der Waals surface area (Å²) in [5, 5.41) is 0. The van der Waals surface area contributed by atoms with Gasteiger partial charge in [0.15, 0.2) is 10.6 Å². The number of hydrogen-bond acceptors (Lipinski definition) is 3. The van der Waals surface area contributed by atoms with Crippen LogP contribution in [0, 0.1) is 0 Å². The first kappa shape index (κ1) is 14.8. The van der Waals surface area contributed by atoms with Gasteiger partial charge in [0.25, 0.3) is 0 Å². The predicted octanol–water partition coefficient (Wildman–Crippen LogP) is 3.92. The van der Waals surface area contributed by atoms with E-state index in [1.165, 1.54) is 36.0 Å². The van der Waals surface area contributed by atoms with Crippen LogP contribution in [-0.4, -0.2) is 10.5 Å². The van der Waals surface area contributed by atoms with Crippen molar-refractivity contribution in [2.75, 3.05) is 0 Å². The van der Waals surface area contributed by atoms with Gasteiger partial charge in [-0.05, 0) is 42.7 Å². The first-order valence-electron chi connectivity index (χ1n) is 7.40. The molecule has 0 saturated heterocycles. The average molecular weight is 314 g/mol. The number of hydrogen-bond donors (Lipinski definition) is 0. The standard InChI is InChI=1S/C17H18N2O2S/c1-3-4-6-12-8-9-13-15(11-12)22-17(19(13)2)18-16(20)14-7-5-10-21-14/h5,7-11H,3-4,6H2,1-2H3. The number of rotatable bonds is 4. The van der Waals surface area contributed by atoms with Gasteiger partial charge in [0.2, 0.25) is 0 Å². The number of benzene rings is 1. The quantitative estimate of drug-likeness (QED) is 0.733. The summed E-state index contributed by atoms with van der Waals surface area (Å²) in [7, 11) is 1.93. The Kier molecular flexibility index (Phi) is 4.24. The van der Waals surface area contributed by atoms with Gasteiger partial charge in [0.05, 0.1) is 16.5 Å². The molecule has 0 fully saturated rings. The zero-order valence-corrected chi connectivity index (χ0v) is 13.5. The maximum absolute atomic E-state index is 12.0. The largest absolute Gasteiger partial charge is 0.459 e. The third-order valence-electron chi connectivity index (χ3n) is 3.62. The van der Waals surface area contributed by atoms with E-state index in [9.17, 15) is 4.79 Å². The second-order valence-corrected chi connectivity index (χ2v) is 6.25. The van der Waals surface area contributed by atoms with E-state index < -0.39 is 0 Å². The molecule has 0 saturated carbocycles. The number of carbonyl (C=O) groups is 1. The number of aromatic nitrogens is 1. The first-order chi connectivity index (χ1) is 10.7. The summed E-state index contributed by atoms with van der Waals surface area (Å²) in [5.74, 6) is -0.0838. The number of carbonyl (C=O) groups excluding carboxylic acids is 1. The zero-order chi connectivity index (χ0) is 15.5. The lowest BCUT2D eigenvalue weighted by atomic mass is 10.1. The summed E-state index contributed by atoms with van der Waals surface area (Å²) >= 11 is 1.53. The van der Waals surface area contributed by atoms with Crippen molar-refractivity contribution in [3.8, 4) is 0 Å². The van der Waals surface area contributed by atoms with Crippen LogP contribution in [0.15, 0.2) is 46.0 Å². The van der Waals surface area contributed by atoms with E-state index in [2.05, 4.69) is 30.1 Å². The highest BCUT2D eigenvalue weighted by Gasteiger charge is 2.09. The molecule has 4 nitrogen and oxygen atoms in total. The normalized spacial score (nSPS) is 12.2. The van der Waals surface area contributed by atoms with E-state index in [0.29, 0.717) is 4.80 Å². The Morgan fingerprint density at radius 3 is 2.95 bits per heavy atom. The maximum atomic E-state index is 12.0. The second-order valence-electron chi connectivity index (χ2n) is 5.24. The third-order valence-corrected chi connectivity index (χ3v) is 4.72. The molecule has 2 heterocycles. The molecule has 0 unspecified atom stereocenters. The molecule has 114 valence electrons. The van der Waals surface area contributed by atoms with Crippen LogP contribution in [0.5, 0.6) is 0 Å². The van der Waals surface area contributed by atoms with Gasteiger partial charge in [-0.1, -0.05) is 30.7 Å². The molecule has 0 bridgehead atoms. The fourth-order valence-electron chi connectivity index (χ4n) is 2.36. The van der Waals surface area contributed by atoms with E-state index in [1.807, 2.05) is 11.6 Å². The number of unbranched alkanes of at least 4 members (excludes halogenated alkanes) is 1. The molecule has 1 aromatic carbocycles. The first-order valence-corrected chi connectivity index (χ1v) is 8.21. The van der Waals surface area contributed by atoms with E-state index in [1.54, 1.807) is 12.1 Å². The van der Waals surface area contributed by atoms with Crippen LogP contribution in [0.3, 0.4) is 0 Å². The molecule has 3 rings (SSSR count). The SMILES string of the molecule is CCCCc1ccc2c(c1)sc(=NC(=O)c1ccco1)n2C. The fourth-order valence-corrected chi connectivity index (χ4v) is 3.44. The molecule has 5 heteroatoms. The van der Waals surface area contributed by atoms with Crippen molar-refractivity contribution in [3.63, 3.8) is 0 Å². The number of aryl methyl sites for hydroxylation is 2. The fraction of sp³-hybridized carbons (Fsp3) is 0.294. The zero-order valence-electron chi connectivity index (χ0n) is 12.7. The Hall–Kier alpha value is -2.14. The predicted molar refractivity (Wildman–Crippen MR) is 88.0 cm³/mol. The Morgan fingerprint density at radius 1 is 1.36 bits per heavy atom. The van der Waals surface area contributed by atoms with Crippen molar-refractivity contribution in [1.29, 1.82) is 0 Å². The van der Waals surface area contributed by atoms with E-state index in [4.69, 9.17) is 4.42 Å². The molecule has 0 N–H and O–H groups in total. The molecule has 2 aromatic heterocycles. The number of furan rings is 1. The molecule has 0 radical (unpaired) electrons. The van der Waals surface area contributed by atoms with Crippen LogP contribution in [-0.2, 0) is 13.5 Å². The van der Waals surface area contributed by atoms with E-state index >= 15 is 0 Å². The summed E-state index contributed by atoms with van der Waals surface area (Å²) < 4.78 is 8.20. The Labute approximate surface area is 132 Å². The van der Waals surface area contributed by atoms with Crippen LogP contribution in [0.2, 0.25) is 0 Å². The number of fused-ring (bicyclic) bond motifs is 1. The lowest BCUT2D eigenvalue weighted by Crippen LogP contribution is -2.12. The molecule has 3 aromatic rings. The summed E-state index contributed by atoms with van der Waals surface area (Å²) in [6, 6.07) is 9.78. The van der Waals surface area contributed by atoms with Crippen LogP contribution in [0.1, 0.15) is 35.9 Å². The number of thiazole rings is 1. The van der Waals surface area contributed by atoms with Gasteiger partial charge in [-0.2, -0.15) is 4.99 Å². The van der Waals surface area contributed by atoms with Crippen molar-refractivity contribution in [2.45, 2.75) is 26.2 Å². The van der Waals surface area contributed by atoms with Crippen molar-refractivity contribution in [3.05, 3.63) is 52.7 Å². The smallest absolute Gasteiger partial charge is 0.315 e. The number of amides is 1. The van der Waals surface area contributed by atoms with Gasteiger partial charge in [0, 0.05) is 7.05 Å². The van der Waals surface area contributed by atoms with Gasteiger partial charge >= 0.3 is 5.91 Å². The maximum Gasteiger partial charge on any atom is 0.315 e. The van der Waals surface area contributed by atoms with Crippen molar-refractivity contribution in [1.82, 2.24) is 4.57 Å². The minimum atomic E-state index is -0.349. The van der Waals surface area contributed by atoms with Crippen molar-refractivity contribution >= 4 is 27.5 Å². The highest BCUT2D eigenvalue weighted by Crippen LogP contribution is 2.19. The van der Waals surface area contributed by atoms with Crippen molar-refractivity contribution < 1.29 is 9.21 Å². The Balaban J connectivity index is 2.00. The van der Waals surface area contributed by atoms with Crippen molar-refractivity contribution in [2.24, 2.45) is 12.0 Å². The summed E-state index contributed by atoms with van der Waals surface area (Å²) in [4.78, 5) is 16.9. The molecule has 0 atom stereocenters. The van der Waals surface area contributed by atoms with Gasteiger partial charge in [-0.25, -0.2) is 0 Å². The third kappa shape index (κ3) is 2.90. The highest BCUT2D eigenvalue weighted by molar-refractivity contribution is 7.16. The average Bonchev–Trinajstić information content (AvgIpc) is 3.14. The number of nitrogens with zero attached hydrogens (tertiary/aromatic N) is 2. The van der Waals surface area contributed by atoms with Crippen LogP contribution >= 0.6 is 11.3 Å². The van der Waals surface area contributed by atoms with Gasteiger partial charge in [-0.3, -0.25) is 4.79 Å².